The van der Waals surface area contributed by atoms with Crippen molar-refractivity contribution >= 4 is 11.6 Å². The summed E-state index contributed by atoms with van der Waals surface area (Å²) >= 11 is 0. The summed E-state index contributed by atoms with van der Waals surface area (Å²) in [5, 5.41) is 12.4. The van der Waals surface area contributed by atoms with Gasteiger partial charge in [-0.1, -0.05) is 24.3 Å². The molecule has 0 atom stereocenters. The molecule has 4 rings (SSSR count). The average molecular weight is 482 g/mol. The fourth-order valence-electron chi connectivity index (χ4n) is 3.64. The Morgan fingerprint density at radius 2 is 1.64 bits per heavy atom. The monoisotopic (exact) mass is 481 g/mol. The third-order valence-corrected chi connectivity index (χ3v) is 5.44. The highest BCUT2D eigenvalue weighted by atomic mass is 16.5. The lowest BCUT2D eigenvalue weighted by Gasteiger charge is -2.14. The largest absolute Gasteiger partial charge is 0.497 e. The molecule has 180 valence electrons. The number of aromatic nitrogens is 1. The molecule has 0 fully saturated rings. The number of hydrogen-bond donors (Lipinski definition) is 2. The predicted octanol–water partition coefficient (Wildman–Crippen LogP) is 4.62. The van der Waals surface area contributed by atoms with Crippen LogP contribution < -0.4 is 25.1 Å². The summed E-state index contributed by atoms with van der Waals surface area (Å²) in [6.45, 7) is -0.222. The van der Waals surface area contributed by atoms with Crippen LogP contribution in [0.5, 0.6) is 17.2 Å². The molecular weight excluding hydrogens is 458 g/mol. The van der Waals surface area contributed by atoms with Gasteiger partial charge in [-0.2, -0.15) is 5.26 Å². The number of H-pyrrole nitrogens is 1. The molecule has 0 bridgehead atoms. The van der Waals surface area contributed by atoms with Gasteiger partial charge >= 0.3 is 0 Å². The van der Waals surface area contributed by atoms with E-state index in [1.807, 2.05) is 36.4 Å². The summed E-state index contributed by atoms with van der Waals surface area (Å²) in [6, 6.07) is 25.0. The van der Waals surface area contributed by atoms with Crippen molar-refractivity contribution in [3.63, 3.8) is 0 Å². The van der Waals surface area contributed by atoms with E-state index in [2.05, 4.69) is 10.3 Å². The van der Waals surface area contributed by atoms with Crippen LogP contribution in [-0.4, -0.2) is 31.7 Å². The quantitative estimate of drug-likeness (QED) is 0.380. The number of aromatic amines is 1. The maximum absolute atomic E-state index is 12.7. The maximum Gasteiger partial charge on any atom is 0.266 e. The van der Waals surface area contributed by atoms with E-state index < -0.39 is 5.56 Å². The fourth-order valence-corrected chi connectivity index (χ4v) is 3.64. The molecule has 0 aliphatic heterocycles. The van der Waals surface area contributed by atoms with E-state index in [9.17, 15) is 14.9 Å². The second-order valence-electron chi connectivity index (χ2n) is 7.71. The fraction of sp³-hybridized carbons (Fsp3) is 0.107. The Hall–Kier alpha value is -5.03. The van der Waals surface area contributed by atoms with Crippen molar-refractivity contribution in [2.45, 2.75) is 0 Å². The molecule has 1 aromatic heterocycles. The van der Waals surface area contributed by atoms with Crippen LogP contribution in [0.3, 0.4) is 0 Å². The number of pyridine rings is 1. The summed E-state index contributed by atoms with van der Waals surface area (Å²) in [6.07, 6.45) is 0. The minimum absolute atomic E-state index is 0.0229. The van der Waals surface area contributed by atoms with Crippen LogP contribution in [0.25, 0.3) is 22.4 Å². The molecule has 1 heterocycles. The molecule has 36 heavy (non-hydrogen) atoms. The number of carbonyl (C=O) groups excluding carboxylic acids is 1. The number of anilines is 1. The first-order chi connectivity index (χ1) is 17.5. The van der Waals surface area contributed by atoms with E-state index in [0.717, 1.165) is 5.56 Å². The van der Waals surface area contributed by atoms with Gasteiger partial charge in [0.05, 0.1) is 14.2 Å². The van der Waals surface area contributed by atoms with Gasteiger partial charge in [-0.25, -0.2) is 0 Å². The summed E-state index contributed by atoms with van der Waals surface area (Å²) in [4.78, 5) is 27.7. The molecule has 8 nitrogen and oxygen atoms in total. The number of ether oxygens (including phenoxy) is 3. The van der Waals surface area contributed by atoms with Crippen molar-refractivity contribution in [2.24, 2.45) is 0 Å². The van der Waals surface area contributed by atoms with E-state index in [-0.39, 0.29) is 18.1 Å². The number of amides is 1. The van der Waals surface area contributed by atoms with Crippen LogP contribution in [0, 0.1) is 11.3 Å². The van der Waals surface area contributed by atoms with Crippen LogP contribution in [0.15, 0.2) is 83.7 Å². The van der Waals surface area contributed by atoms with Crippen molar-refractivity contribution in [3.05, 3.63) is 94.8 Å². The molecule has 4 aromatic rings. The first kappa shape index (κ1) is 24.1. The lowest BCUT2D eigenvalue weighted by atomic mass is 9.98. The summed E-state index contributed by atoms with van der Waals surface area (Å²) in [5.74, 6) is 1.07. The van der Waals surface area contributed by atoms with Gasteiger partial charge in [0.1, 0.15) is 17.4 Å². The molecule has 3 aromatic carbocycles. The topological polar surface area (TPSA) is 113 Å². The lowest BCUT2D eigenvalue weighted by molar-refractivity contribution is -0.118. The molecule has 0 unspecified atom stereocenters. The highest BCUT2D eigenvalue weighted by Crippen LogP contribution is 2.34. The van der Waals surface area contributed by atoms with E-state index in [1.165, 1.54) is 7.11 Å². The van der Waals surface area contributed by atoms with Gasteiger partial charge in [-0.05, 0) is 65.7 Å². The number of nitrogens with one attached hydrogen (secondary N) is 2. The second kappa shape index (κ2) is 10.9. The minimum atomic E-state index is -0.502. The van der Waals surface area contributed by atoms with Crippen LogP contribution in [0.2, 0.25) is 0 Å². The first-order valence-electron chi connectivity index (χ1n) is 11.0. The average Bonchev–Trinajstić information content (AvgIpc) is 2.92. The summed E-state index contributed by atoms with van der Waals surface area (Å²) in [7, 11) is 3.05. The number of benzene rings is 3. The molecule has 0 aliphatic carbocycles. The van der Waals surface area contributed by atoms with Gasteiger partial charge in [0, 0.05) is 16.9 Å². The SMILES string of the molecule is COc1ccc(-c2cc(-c3ccc(OCC(=O)Nc4ccccc4)c(OC)c3)c(C#N)c(=O)[nH]2)cc1. The second-order valence-corrected chi connectivity index (χ2v) is 7.71. The van der Waals surface area contributed by atoms with Crippen LogP contribution in [0.4, 0.5) is 5.69 Å². The van der Waals surface area contributed by atoms with Crippen molar-refractivity contribution in [1.82, 2.24) is 4.98 Å². The molecule has 0 radical (unpaired) electrons. The zero-order chi connectivity index (χ0) is 25.5. The minimum Gasteiger partial charge on any atom is -0.497 e. The Morgan fingerprint density at radius 1 is 0.917 bits per heavy atom. The number of nitrogens with zero attached hydrogens (tertiary/aromatic N) is 1. The van der Waals surface area contributed by atoms with Gasteiger partial charge in [0.25, 0.3) is 11.5 Å². The van der Waals surface area contributed by atoms with Gasteiger partial charge in [-0.15, -0.1) is 0 Å². The first-order valence-corrected chi connectivity index (χ1v) is 11.0. The lowest BCUT2D eigenvalue weighted by Crippen LogP contribution is -2.20. The van der Waals surface area contributed by atoms with Crippen molar-refractivity contribution < 1.29 is 19.0 Å². The molecule has 1 amide bonds. The molecule has 8 heteroatoms. The number of methoxy groups -OCH3 is 2. The van der Waals surface area contributed by atoms with Gasteiger partial charge < -0.3 is 24.5 Å². The van der Waals surface area contributed by atoms with E-state index in [0.29, 0.717) is 39.8 Å². The maximum atomic E-state index is 12.7. The third-order valence-electron chi connectivity index (χ3n) is 5.44. The van der Waals surface area contributed by atoms with Crippen molar-refractivity contribution in [1.29, 1.82) is 5.26 Å². The number of hydrogen-bond acceptors (Lipinski definition) is 6. The van der Waals surface area contributed by atoms with E-state index in [1.54, 1.807) is 55.6 Å². The Bertz CT molecular complexity index is 1470. The van der Waals surface area contributed by atoms with Gasteiger partial charge in [-0.3, -0.25) is 9.59 Å². The molecule has 0 spiro atoms. The number of rotatable bonds is 8. The highest BCUT2D eigenvalue weighted by Gasteiger charge is 2.16. The summed E-state index contributed by atoms with van der Waals surface area (Å²) in [5.41, 5.74) is 2.48. The standard InChI is InChI=1S/C28H23N3O5/c1-34-21-11-8-18(9-12-21)24-15-22(23(16-29)28(33)31-24)19-10-13-25(26(14-19)35-2)36-17-27(32)30-20-6-4-3-5-7-20/h3-15H,17H2,1-2H3,(H,30,32)(H,31,33). The molecule has 0 saturated carbocycles. The molecule has 0 saturated heterocycles. The van der Waals surface area contributed by atoms with Crippen LogP contribution in [0.1, 0.15) is 5.56 Å². The number of nitriles is 1. The van der Waals surface area contributed by atoms with Gasteiger partial charge in [0.15, 0.2) is 18.1 Å². The highest BCUT2D eigenvalue weighted by molar-refractivity contribution is 5.91. The van der Waals surface area contributed by atoms with Crippen molar-refractivity contribution in [2.75, 3.05) is 26.1 Å². The molecule has 0 aliphatic rings. The Kier molecular flexibility index (Phi) is 7.32. The smallest absolute Gasteiger partial charge is 0.266 e. The Morgan fingerprint density at radius 3 is 2.31 bits per heavy atom. The van der Waals surface area contributed by atoms with E-state index in [4.69, 9.17) is 14.2 Å². The zero-order valence-electron chi connectivity index (χ0n) is 19.7. The van der Waals surface area contributed by atoms with E-state index >= 15 is 0 Å². The Labute approximate surface area is 207 Å². The van der Waals surface area contributed by atoms with Crippen LogP contribution >= 0.6 is 0 Å². The number of carbonyl (C=O) groups is 1. The van der Waals surface area contributed by atoms with Crippen molar-refractivity contribution in [3.8, 4) is 45.7 Å². The van der Waals surface area contributed by atoms with Crippen LogP contribution in [-0.2, 0) is 4.79 Å². The Balaban J connectivity index is 1.61. The third kappa shape index (κ3) is 5.37. The van der Waals surface area contributed by atoms with Gasteiger partial charge in [0.2, 0.25) is 0 Å². The normalized spacial score (nSPS) is 10.2. The molecular formula is C28H23N3O5. The predicted molar refractivity (Wildman–Crippen MR) is 136 cm³/mol. The molecule has 2 N–H and O–H groups in total. The zero-order valence-corrected chi connectivity index (χ0v) is 19.7. The number of para-hydroxylation sites is 1. The summed E-state index contributed by atoms with van der Waals surface area (Å²) < 4.78 is 16.3.